The van der Waals surface area contributed by atoms with Crippen molar-refractivity contribution < 1.29 is 4.79 Å². The summed E-state index contributed by atoms with van der Waals surface area (Å²) in [6, 6.07) is 8.18. The molecule has 0 radical (unpaired) electrons. The quantitative estimate of drug-likeness (QED) is 0.773. The average molecular weight is 261 g/mol. The molecule has 2 aromatic rings. The van der Waals surface area contributed by atoms with Crippen molar-refractivity contribution in [3.63, 3.8) is 0 Å². The van der Waals surface area contributed by atoms with E-state index < -0.39 is 0 Å². The van der Waals surface area contributed by atoms with E-state index >= 15 is 0 Å². The third-order valence-corrected chi connectivity index (χ3v) is 3.65. The van der Waals surface area contributed by atoms with Crippen LogP contribution in [0.15, 0.2) is 35.5 Å². The van der Waals surface area contributed by atoms with Gasteiger partial charge in [-0.2, -0.15) is 5.10 Å². The van der Waals surface area contributed by atoms with Crippen molar-refractivity contribution in [1.29, 1.82) is 0 Å². The molecular formula is C13H15N3OS. The van der Waals surface area contributed by atoms with Gasteiger partial charge in [0.25, 0.3) is 0 Å². The number of carbonyl (C=O) groups excluding carboxylic acids is 1. The number of hydrogen-bond acceptors (Lipinski definition) is 4. The second-order valence-electron chi connectivity index (χ2n) is 4.12. The van der Waals surface area contributed by atoms with Gasteiger partial charge in [0.2, 0.25) is 0 Å². The van der Waals surface area contributed by atoms with Crippen molar-refractivity contribution in [1.82, 2.24) is 14.8 Å². The zero-order valence-corrected chi connectivity index (χ0v) is 11.3. The van der Waals surface area contributed by atoms with Gasteiger partial charge in [-0.1, -0.05) is 17.7 Å². The van der Waals surface area contributed by atoms with E-state index in [0.29, 0.717) is 18.0 Å². The average Bonchev–Trinajstić information content (AvgIpc) is 2.74. The van der Waals surface area contributed by atoms with E-state index in [0.717, 1.165) is 4.90 Å². The molecule has 4 nitrogen and oxygen atoms in total. The second-order valence-corrected chi connectivity index (χ2v) is 5.17. The molecule has 0 aliphatic heterocycles. The van der Waals surface area contributed by atoms with E-state index in [1.807, 2.05) is 19.1 Å². The Bertz CT molecular complexity index is 533. The normalized spacial score (nSPS) is 10.6. The van der Waals surface area contributed by atoms with Gasteiger partial charge >= 0.3 is 0 Å². The molecule has 0 aliphatic carbocycles. The first-order chi connectivity index (χ1) is 8.65. The van der Waals surface area contributed by atoms with Crippen LogP contribution in [0.1, 0.15) is 11.4 Å². The van der Waals surface area contributed by atoms with Gasteiger partial charge in [0.15, 0.2) is 5.78 Å². The molecular weight excluding hydrogens is 246 g/mol. The number of benzene rings is 1. The Morgan fingerprint density at radius 1 is 1.33 bits per heavy atom. The highest BCUT2D eigenvalue weighted by molar-refractivity contribution is 8.00. The molecule has 18 heavy (non-hydrogen) atoms. The number of aromatic nitrogens is 3. The SMILES string of the molecule is Cc1ccc(SCC(=O)Cc2ncnn2C)cc1. The van der Waals surface area contributed by atoms with Gasteiger partial charge in [0, 0.05) is 11.9 Å². The highest BCUT2D eigenvalue weighted by Crippen LogP contribution is 2.18. The van der Waals surface area contributed by atoms with Crippen LogP contribution in [-0.4, -0.2) is 26.3 Å². The first kappa shape index (κ1) is 12.8. The molecule has 2 rings (SSSR count). The molecule has 0 amide bonds. The third-order valence-electron chi connectivity index (χ3n) is 2.58. The number of ketones is 1. The number of nitrogens with zero attached hydrogens (tertiary/aromatic N) is 3. The van der Waals surface area contributed by atoms with E-state index in [4.69, 9.17) is 0 Å². The zero-order chi connectivity index (χ0) is 13.0. The van der Waals surface area contributed by atoms with Crippen LogP contribution < -0.4 is 0 Å². The van der Waals surface area contributed by atoms with Crippen LogP contribution in [0.5, 0.6) is 0 Å². The third kappa shape index (κ3) is 3.43. The number of aryl methyl sites for hydroxylation is 2. The molecule has 94 valence electrons. The topological polar surface area (TPSA) is 47.8 Å². The number of hydrogen-bond donors (Lipinski definition) is 0. The van der Waals surface area contributed by atoms with Crippen LogP contribution in [-0.2, 0) is 18.3 Å². The minimum absolute atomic E-state index is 0.164. The molecule has 0 N–H and O–H groups in total. The molecule has 0 bridgehead atoms. The van der Waals surface area contributed by atoms with Crippen molar-refractivity contribution in [2.45, 2.75) is 18.2 Å². The first-order valence-electron chi connectivity index (χ1n) is 5.69. The van der Waals surface area contributed by atoms with Crippen molar-refractivity contribution in [2.24, 2.45) is 7.05 Å². The summed E-state index contributed by atoms with van der Waals surface area (Å²) in [7, 11) is 1.79. The summed E-state index contributed by atoms with van der Waals surface area (Å²) in [5, 5.41) is 3.94. The van der Waals surface area contributed by atoms with Crippen LogP contribution >= 0.6 is 11.8 Å². The number of Topliss-reactive ketones (excluding diaryl/α,β-unsaturated/α-hetero) is 1. The maximum atomic E-state index is 11.8. The minimum Gasteiger partial charge on any atom is -0.298 e. The van der Waals surface area contributed by atoms with Crippen LogP contribution in [0.4, 0.5) is 0 Å². The predicted molar refractivity (Wildman–Crippen MR) is 71.6 cm³/mol. The Labute approximate surface area is 110 Å². The second kappa shape index (κ2) is 5.82. The van der Waals surface area contributed by atoms with Crippen LogP contribution in [0.25, 0.3) is 0 Å². The summed E-state index contributed by atoms with van der Waals surface area (Å²) >= 11 is 1.56. The first-order valence-corrected chi connectivity index (χ1v) is 6.68. The summed E-state index contributed by atoms with van der Waals surface area (Å²) in [5.41, 5.74) is 1.23. The van der Waals surface area contributed by atoms with Gasteiger partial charge in [-0.3, -0.25) is 9.48 Å². The molecule has 0 saturated carbocycles. The van der Waals surface area contributed by atoms with E-state index in [1.54, 1.807) is 23.5 Å². The number of thioether (sulfide) groups is 1. The Balaban J connectivity index is 1.85. The summed E-state index contributed by atoms with van der Waals surface area (Å²) in [6.45, 7) is 2.05. The summed E-state index contributed by atoms with van der Waals surface area (Å²) in [4.78, 5) is 17.0. The van der Waals surface area contributed by atoms with Crippen molar-refractivity contribution in [3.05, 3.63) is 42.0 Å². The van der Waals surface area contributed by atoms with Gasteiger partial charge in [-0.05, 0) is 19.1 Å². The molecule has 1 heterocycles. The van der Waals surface area contributed by atoms with E-state index in [2.05, 4.69) is 22.2 Å². The summed E-state index contributed by atoms with van der Waals surface area (Å²) < 4.78 is 1.63. The fourth-order valence-corrected chi connectivity index (χ4v) is 2.26. The standard InChI is InChI=1S/C13H15N3OS/c1-10-3-5-12(6-4-10)18-8-11(17)7-13-14-9-15-16(13)2/h3-6,9H,7-8H2,1-2H3. The minimum atomic E-state index is 0.164. The van der Waals surface area contributed by atoms with Crippen LogP contribution in [0.2, 0.25) is 0 Å². The van der Waals surface area contributed by atoms with Gasteiger partial charge in [-0.15, -0.1) is 11.8 Å². The lowest BCUT2D eigenvalue weighted by Crippen LogP contribution is -2.10. The molecule has 0 unspecified atom stereocenters. The lowest BCUT2D eigenvalue weighted by Gasteiger charge is -2.02. The van der Waals surface area contributed by atoms with Crippen molar-refractivity contribution in [3.8, 4) is 0 Å². The van der Waals surface area contributed by atoms with E-state index in [1.165, 1.54) is 11.9 Å². The molecule has 1 aromatic carbocycles. The Morgan fingerprint density at radius 2 is 2.06 bits per heavy atom. The number of carbonyl (C=O) groups is 1. The largest absolute Gasteiger partial charge is 0.298 e. The fourth-order valence-electron chi connectivity index (χ4n) is 1.51. The molecule has 0 spiro atoms. The maximum absolute atomic E-state index is 11.8. The maximum Gasteiger partial charge on any atom is 0.150 e. The highest BCUT2D eigenvalue weighted by atomic mass is 32.2. The van der Waals surface area contributed by atoms with Gasteiger partial charge in [0.05, 0.1) is 12.2 Å². The Hall–Kier alpha value is -1.62. The van der Waals surface area contributed by atoms with E-state index in [9.17, 15) is 4.79 Å². The molecule has 0 atom stereocenters. The van der Waals surface area contributed by atoms with Crippen LogP contribution in [0, 0.1) is 6.92 Å². The fraction of sp³-hybridized carbons (Fsp3) is 0.308. The monoisotopic (exact) mass is 261 g/mol. The lowest BCUT2D eigenvalue weighted by molar-refractivity contribution is -0.116. The molecule has 1 aromatic heterocycles. The molecule has 5 heteroatoms. The molecule has 0 saturated heterocycles. The number of rotatable bonds is 5. The smallest absolute Gasteiger partial charge is 0.150 e. The summed E-state index contributed by atoms with van der Waals surface area (Å²) in [5.74, 6) is 1.34. The molecule has 0 aliphatic rings. The lowest BCUT2D eigenvalue weighted by atomic mass is 10.2. The van der Waals surface area contributed by atoms with Crippen LogP contribution in [0.3, 0.4) is 0 Å². The summed E-state index contributed by atoms with van der Waals surface area (Å²) in [6.07, 6.45) is 1.81. The van der Waals surface area contributed by atoms with Gasteiger partial charge in [-0.25, -0.2) is 4.98 Å². The van der Waals surface area contributed by atoms with Crippen molar-refractivity contribution >= 4 is 17.5 Å². The Kier molecular flexibility index (Phi) is 4.15. The van der Waals surface area contributed by atoms with E-state index in [-0.39, 0.29) is 5.78 Å². The van der Waals surface area contributed by atoms with Gasteiger partial charge < -0.3 is 0 Å². The van der Waals surface area contributed by atoms with Crippen molar-refractivity contribution in [2.75, 3.05) is 5.75 Å². The van der Waals surface area contributed by atoms with Gasteiger partial charge in [0.1, 0.15) is 12.2 Å². The molecule has 0 fully saturated rings. The Morgan fingerprint density at radius 3 is 2.67 bits per heavy atom. The zero-order valence-electron chi connectivity index (χ0n) is 10.5. The highest BCUT2D eigenvalue weighted by Gasteiger charge is 2.08. The predicted octanol–water partition coefficient (Wildman–Crippen LogP) is 2.03.